The minimum absolute atomic E-state index is 0.855. The van der Waals surface area contributed by atoms with Crippen LogP contribution >= 0.6 is 0 Å². The zero-order valence-electron chi connectivity index (χ0n) is 11.4. The monoisotopic (exact) mass is 257 g/mol. The van der Waals surface area contributed by atoms with Crippen LogP contribution < -0.4 is 10.2 Å². The first kappa shape index (κ1) is 13.3. The molecule has 19 heavy (non-hydrogen) atoms. The highest BCUT2D eigenvalue weighted by molar-refractivity contribution is 5.47. The molecular weight excluding hydrogens is 238 g/mol. The fourth-order valence-electron chi connectivity index (χ4n) is 1.78. The number of pyridine rings is 1. The van der Waals surface area contributed by atoms with Gasteiger partial charge in [-0.3, -0.25) is 4.98 Å². The normalized spacial score (nSPS) is 10.2. The molecule has 0 spiro atoms. The van der Waals surface area contributed by atoms with E-state index in [1.54, 1.807) is 6.33 Å². The Morgan fingerprint density at radius 2 is 2.11 bits per heavy atom. The maximum atomic E-state index is 4.32. The molecule has 2 aromatic heterocycles. The summed E-state index contributed by atoms with van der Waals surface area (Å²) >= 11 is 0. The summed E-state index contributed by atoms with van der Waals surface area (Å²) in [6.07, 6.45) is 4.31. The average molecular weight is 257 g/mol. The van der Waals surface area contributed by atoms with E-state index in [9.17, 15) is 0 Å². The van der Waals surface area contributed by atoms with Crippen molar-refractivity contribution in [1.29, 1.82) is 0 Å². The molecule has 0 aliphatic carbocycles. The highest BCUT2D eigenvalue weighted by Gasteiger charge is 2.04. The molecule has 0 saturated heterocycles. The molecule has 1 N–H and O–H groups in total. The van der Waals surface area contributed by atoms with Crippen molar-refractivity contribution in [2.45, 2.75) is 13.3 Å². The van der Waals surface area contributed by atoms with E-state index in [1.807, 2.05) is 44.4 Å². The molecule has 0 atom stereocenters. The van der Waals surface area contributed by atoms with Crippen LogP contribution in [0.4, 0.5) is 11.6 Å². The fraction of sp³-hybridized carbons (Fsp3) is 0.357. The number of hydrogen-bond acceptors (Lipinski definition) is 5. The van der Waals surface area contributed by atoms with Crippen LogP contribution in [0.5, 0.6) is 0 Å². The van der Waals surface area contributed by atoms with Gasteiger partial charge in [0.05, 0.1) is 0 Å². The third-order valence-electron chi connectivity index (χ3n) is 2.83. The van der Waals surface area contributed by atoms with Gasteiger partial charge in [-0.15, -0.1) is 0 Å². The van der Waals surface area contributed by atoms with E-state index in [1.165, 1.54) is 0 Å². The molecule has 0 unspecified atom stereocenters. The van der Waals surface area contributed by atoms with E-state index in [0.29, 0.717) is 0 Å². The number of hydrogen-bond donors (Lipinski definition) is 1. The van der Waals surface area contributed by atoms with Crippen molar-refractivity contribution < 1.29 is 0 Å². The molecule has 0 aliphatic rings. The van der Waals surface area contributed by atoms with E-state index in [4.69, 9.17) is 0 Å². The second kappa shape index (κ2) is 6.68. The second-order valence-electron chi connectivity index (χ2n) is 4.28. The van der Waals surface area contributed by atoms with Crippen LogP contribution in [-0.4, -0.2) is 35.1 Å². The van der Waals surface area contributed by atoms with E-state index < -0.39 is 0 Å². The molecule has 0 amide bonds. The van der Waals surface area contributed by atoms with Crippen molar-refractivity contribution >= 4 is 11.6 Å². The Labute approximate surface area is 113 Å². The summed E-state index contributed by atoms with van der Waals surface area (Å²) in [4.78, 5) is 14.9. The first-order valence-electron chi connectivity index (χ1n) is 6.46. The smallest absolute Gasteiger partial charge is 0.133 e. The van der Waals surface area contributed by atoms with Crippen molar-refractivity contribution in [2.75, 3.05) is 30.4 Å². The summed E-state index contributed by atoms with van der Waals surface area (Å²) in [5, 5.41) is 3.19. The number of nitrogens with one attached hydrogen (secondary N) is 1. The van der Waals surface area contributed by atoms with Crippen LogP contribution in [0.15, 0.2) is 36.8 Å². The van der Waals surface area contributed by atoms with Gasteiger partial charge in [-0.2, -0.15) is 0 Å². The van der Waals surface area contributed by atoms with Crippen molar-refractivity contribution in [3.63, 3.8) is 0 Å². The van der Waals surface area contributed by atoms with Gasteiger partial charge in [0.15, 0.2) is 0 Å². The first-order chi connectivity index (χ1) is 9.29. The Morgan fingerprint density at radius 1 is 1.21 bits per heavy atom. The third-order valence-corrected chi connectivity index (χ3v) is 2.83. The molecule has 0 bridgehead atoms. The van der Waals surface area contributed by atoms with Crippen LogP contribution in [0.3, 0.4) is 0 Å². The summed E-state index contributed by atoms with van der Waals surface area (Å²) in [5.74, 6) is 1.78. The molecule has 2 aromatic rings. The molecule has 0 radical (unpaired) electrons. The molecule has 0 saturated carbocycles. The predicted octanol–water partition coefficient (Wildman–Crippen LogP) is 1.98. The van der Waals surface area contributed by atoms with Gasteiger partial charge >= 0.3 is 0 Å². The van der Waals surface area contributed by atoms with E-state index >= 15 is 0 Å². The van der Waals surface area contributed by atoms with Crippen molar-refractivity contribution in [3.05, 3.63) is 42.5 Å². The average Bonchev–Trinajstić information content (AvgIpc) is 2.46. The van der Waals surface area contributed by atoms with Crippen molar-refractivity contribution in [3.8, 4) is 0 Å². The van der Waals surface area contributed by atoms with Gasteiger partial charge in [-0.25, -0.2) is 9.97 Å². The van der Waals surface area contributed by atoms with Gasteiger partial charge in [0, 0.05) is 44.5 Å². The maximum absolute atomic E-state index is 4.32. The zero-order chi connectivity index (χ0) is 13.5. The molecule has 0 fully saturated rings. The quantitative estimate of drug-likeness (QED) is 0.857. The summed E-state index contributed by atoms with van der Waals surface area (Å²) in [6.45, 7) is 3.78. The van der Waals surface area contributed by atoms with Gasteiger partial charge in [0.1, 0.15) is 18.0 Å². The van der Waals surface area contributed by atoms with Crippen LogP contribution in [0.25, 0.3) is 0 Å². The Balaban J connectivity index is 1.95. The summed E-state index contributed by atoms with van der Waals surface area (Å²) in [7, 11) is 2.03. The highest BCUT2D eigenvalue weighted by Crippen LogP contribution is 2.12. The third kappa shape index (κ3) is 3.91. The lowest BCUT2D eigenvalue weighted by molar-refractivity contribution is 0.836. The zero-order valence-corrected chi connectivity index (χ0v) is 11.4. The van der Waals surface area contributed by atoms with Crippen molar-refractivity contribution in [2.24, 2.45) is 0 Å². The highest BCUT2D eigenvalue weighted by atomic mass is 15.2. The molecule has 100 valence electrons. The molecular formula is C14H19N5. The van der Waals surface area contributed by atoms with Gasteiger partial charge in [0.25, 0.3) is 0 Å². The number of aromatic nitrogens is 3. The Bertz CT molecular complexity index is 500. The lowest BCUT2D eigenvalue weighted by Gasteiger charge is -2.18. The van der Waals surface area contributed by atoms with Crippen LogP contribution in [0.1, 0.15) is 12.6 Å². The molecule has 0 aromatic carbocycles. The Hall–Kier alpha value is -2.17. The Morgan fingerprint density at radius 3 is 2.84 bits per heavy atom. The molecule has 5 nitrogen and oxygen atoms in total. The van der Waals surface area contributed by atoms with Crippen LogP contribution in [0.2, 0.25) is 0 Å². The largest absolute Gasteiger partial charge is 0.370 e. The van der Waals surface area contributed by atoms with Gasteiger partial charge in [0.2, 0.25) is 0 Å². The minimum Gasteiger partial charge on any atom is -0.370 e. The second-order valence-corrected chi connectivity index (χ2v) is 4.28. The van der Waals surface area contributed by atoms with Gasteiger partial charge < -0.3 is 10.2 Å². The maximum Gasteiger partial charge on any atom is 0.133 e. The number of rotatable bonds is 6. The number of likely N-dealkylation sites (N-methyl/N-ethyl adjacent to an activating group) is 1. The van der Waals surface area contributed by atoms with E-state index in [0.717, 1.165) is 36.8 Å². The Kier molecular flexibility index (Phi) is 4.66. The van der Waals surface area contributed by atoms with Crippen LogP contribution in [0, 0.1) is 0 Å². The van der Waals surface area contributed by atoms with Crippen molar-refractivity contribution in [1.82, 2.24) is 15.0 Å². The summed E-state index contributed by atoms with van der Waals surface area (Å²) in [6, 6.07) is 7.94. The van der Waals surface area contributed by atoms with E-state index in [-0.39, 0.29) is 0 Å². The predicted molar refractivity (Wildman–Crippen MR) is 77.4 cm³/mol. The van der Waals surface area contributed by atoms with E-state index in [2.05, 4.69) is 25.2 Å². The lowest BCUT2D eigenvalue weighted by Crippen LogP contribution is -2.22. The number of anilines is 2. The molecule has 2 heterocycles. The van der Waals surface area contributed by atoms with Gasteiger partial charge in [-0.1, -0.05) is 6.07 Å². The summed E-state index contributed by atoms with van der Waals surface area (Å²) < 4.78 is 0. The fourth-order valence-corrected chi connectivity index (χ4v) is 1.78. The summed E-state index contributed by atoms with van der Waals surface area (Å²) in [5.41, 5.74) is 1.09. The first-order valence-corrected chi connectivity index (χ1v) is 6.46. The SMILES string of the molecule is CCNc1cc(N(C)CCc2ccccn2)ncn1. The topological polar surface area (TPSA) is 53.9 Å². The van der Waals surface area contributed by atoms with Gasteiger partial charge in [-0.05, 0) is 19.1 Å². The minimum atomic E-state index is 0.855. The van der Waals surface area contributed by atoms with Crippen LogP contribution in [-0.2, 0) is 6.42 Å². The molecule has 0 aliphatic heterocycles. The molecule has 5 heteroatoms. The molecule has 2 rings (SSSR count). The standard InChI is InChI=1S/C14H19N5/c1-3-15-13-10-14(18-11-17-13)19(2)9-7-12-6-4-5-8-16-12/h4-6,8,10-11H,3,7,9H2,1-2H3,(H,15,17,18). The number of nitrogens with zero attached hydrogens (tertiary/aromatic N) is 4. The lowest BCUT2D eigenvalue weighted by atomic mass is 10.2.